The van der Waals surface area contributed by atoms with Crippen molar-refractivity contribution in [3.05, 3.63) is 151 Å². The molecule has 8 aromatic rings. The third kappa shape index (κ3) is 32.6. The van der Waals surface area contributed by atoms with Crippen LogP contribution in [0.1, 0.15) is 115 Å². The molecule has 0 saturated carbocycles. The molecular formula is C74H98N26O35P4. The number of carbonyl (C=O) groups excluding carboxylic acids is 5. The lowest BCUT2D eigenvalue weighted by Gasteiger charge is -2.26. The van der Waals surface area contributed by atoms with Gasteiger partial charge in [0.25, 0.3) is 0 Å². The SMILES string of the molecule is CC(C)(C)OC(=O)N[C@@H](CCCCNC(=O)OCc1ccc(N=[N+]=[N-])cc1)C(=O)O[C@H]1[C@@H](O)[C@H](n2cnc3c(N)ncnc32)O[C@@H]1COP(=O)(O)O[C@H]1C[C@H](n2ccc(N)nc2=O)O[C@@H]1COP(=O)(O)O.C[C@@H](CCCCNC(=O)OCc1ccc(N=[N+]=[N-])cc1)C(=O)OCC#N.Nc1ccn([C@H]2C[C@H](OP(=O)(O)OC[C@H]3O[C@@H](n4cnc5c(N)ncnc54)[C@H](O)[C@@H]3O)[C@@H](COP(=O)(O)O)O2)c(=O)n1. The fourth-order valence-electron chi connectivity index (χ4n) is 13.6. The van der Waals surface area contributed by atoms with Crippen LogP contribution in [-0.2, 0) is 111 Å². The summed E-state index contributed by atoms with van der Waals surface area (Å²) in [6.07, 6.45) is -13.7. The smallest absolute Gasteiger partial charge is 0.455 e. The molecule has 61 nitrogen and oxygen atoms in total. The Balaban J connectivity index is 0.000000245. The normalized spacial score (nSPS) is 22.5. The number of aliphatic hydroxyl groups is 3. The highest BCUT2D eigenvalue weighted by Crippen LogP contribution is 2.52. The lowest BCUT2D eigenvalue weighted by Crippen LogP contribution is -2.47. The van der Waals surface area contributed by atoms with Gasteiger partial charge in [-0.25, -0.2) is 76.9 Å². The van der Waals surface area contributed by atoms with Gasteiger partial charge in [0.1, 0.15) is 134 Å². The van der Waals surface area contributed by atoms with Crippen LogP contribution in [0.2, 0.25) is 0 Å². The fraction of sp³-hybridized carbons (Fsp3) is 0.514. The van der Waals surface area contributed by atoms with Gasteiger partial charge in [-0.3, -0.25) is 50.2 Å². The van der Waals surface area contributed by atoms with Crippen molar-refractivity contribution in [2.24, 2.45) is 16.1 Å². The summed E-state index contributed by atoms with van der Waals surface area (Å²) in [5.41, 5.74) is 39.9. The maximum Gasteiger partial charge on any atom is 0.472 e. The maximum atomic E-state index is 14.1. The Morgan fingerprint density at radius 3 is 1.44 bits per heavy atom. The van der Waals surface area contributed by atoms with E-state index < -0.39 is 191 Å². The molecule has 2 aromatic carbocycles. The van der Waals surface area contributed by atoms with Crippen molar-refractivity contribution in [3.8, 4) is 6.07 Å². The van der Waals surface area contributed by atoms with Crippen LogP contribution in [0, 0.1) is 17.2 Å². The second-order valence-corrected chi connectivity index (χ2v) is 36.7. The van der Waals surface area contributed by atoms with E-state index in [0.29, 0.717) is 36.3 Å². The molecule has 4 fully saturated rings. The van der Waals surface area contributed by atoms with Crippen LogP contribution in [0.15, 0.2) is 118 Å². The lowest BCUT2D eigenvalue weighted by atomic mass is 10.0. The van der Waals surface area contributed by atoms with Crippen molar-refractivity contribution in [2.45, 2.75) is 190 Å². The number of azide groups is 2. The number of phosphoric ester groups is 4. The fourth-order valence-corrected chi connectivity index (χ4v) is 16.2. The van der Waals surface area contributed by atoms with Crippen LogP contribution < -0.4 is 50.3 Å². The Morgan fingerprint density at radius 1 is 0.561 bits per heavy atom. The summed E-state index contributed by atoms with van der Waals surface area (Å²) < 4.78 is 133. The van der Waals surface area contributed by atoms with Gasteiger partial charge in [-0.15, -0.1) is 0 Å². The summed E-state index contributed by atoms with van der Waals surface area (Å²) in [6, 6.07) is 15.9. The van der Waals surface area contributed by atoms with E-state index in [1.807, 2.05) is 0 Å². The number of nitrogen functional groups attached to an aromatic ring is 4. The van der Waals surface area contributed by atoms with Crippen LogP contribution in [0.3, 0.4) is 0 Å². The lowest BCUT2D eigenvalue weighted by molar-refractivity contribution is -0.159. The molecule has 0 spiro atoms. The van der Waals surface area contributed by atoms with Gasteiger partial charge in [-0.2, -0.15) is 15.2 Å². The van der Waals surface area contributed by atoms with Crippen LogP contribution in [0.4, 0.5) is 49.0 Å². The van der Waals surface area contributed by atoms with E-state index in [9.17, 15) is 86.7 Å². The molecule has 12 rings (SSSR count). The summed E-state index contributed by atoms with van der Waals surface area (Å²) in [5.74, 6) is -1.92. The minimum atomic E-state index is -5.29. The standard InChI is InChI=1S/C38H51N13O18P2.C19H26N8O13P2.C17H21N5O4/c1-38(2,3)68-37(56)46-22(6-4-5-12-42-36(55)62-15-20-7-9-21(10-8-20)48-49-41)34(53)67-30-25(66-33(29(30)52)51-19-45-28-31(40)43-18-44-32(28)51)17-64-71(60,61)69-23-14-27(50-13-11-26(39)47-35(50)54)65-24(23)16-63-70(57,58)59;20-11-1-2-26(19(30)25-11)12-3-8(9(38-12)4-36-41(31,32)33)40-42(34,35)37-5-10-14(28)15(29)18(39-10)27-7-24-13-16(21)22-6-23-17(13)27;1-13(16(23)25-11-9-18)4-2-3-10-20-17(24)26-12-14-5-7-15(8-6-14)21-22-19/h7-11,13,18-19,22-25,27,29-30,33,52H,4-6,12,14-17H2,1-3H3,(H,42,55)(H,46,56)(H,60,61)(H2,39,47,54)(H2,40,43,44)(H2,57,58,59);1-2,6-10,12,14-15,18,28-29H,3-5H2,(H,34,35)(H2,20,25,30)(H2,21,22,23)(H2,31,32,33);5-8,13H,2-4,10-12H2,1H3,(H,20,24)/t22-,23-,24+,25+,27+,29+,30+,33+;8-,9+,10+,12+,14+,15+,18+;13-/m000/s1. The molecule has 4 aliphatic heterocycles. The molecule has 4 aliphatic rings. The molecule has 139 heavy (non-hydrogen) atoms. The zero-order valence-corrected chi connectivity index (χ0v) is 77.3. The number of amides is 3. The molecule has 20 N–H and O–H groups in total. The number of nitrogens with two attached hydrogens (primary N) is 4. The van der Waals surface area contributed by atoms with Crippen molar-refractivity contribution >= 4 is 118 Å². The minimum absolute atomic E-state index is 0.0269. The number of benzene rings is 2. The van der Waals surface area contributed by atoms with Gasteiger partial charge in [0.05, 0.1) is 45.0 Å². The van der Waals surface area contributed by atoms with Gasteiger partial charge >= 0.3 is 72.9 Å². The van der Waals surface area contributed by atoms with Gasteiger partial charge in [-0.05, 0) is 87.2 Å². The molecule has 4 saturated heterocycles. The number of imidazole rings is 2. The predicted octanol–water partition coefficient (Wildman–Crippen LogP) is 3.74. The Morgan fingerprint density at radius 2 is 1.00 bits per heavy atom. The monoisotopic (exact) mass is 2030 g/mol. The number of hydrogen-bond donors (Lipinski definition) is 16. The van der Waals surface area contributed by atoms with Crippen LogP contribution in [0.5, 0.6) is 0 Å². The summed E-state index contributed by atoms with van der Waals surface area (Å²) in [4.78, 5) is 182. The number of hydrogen-bond acceptors (Lipinski definition) is 44. The van der Waals surface area contributed by atoms with E-state index in [1.165, 1.54) is 52.6 Å². The Labute approximate surface area is 783 Å². The average molecular weight is 2040 g/mol. The first-order valence-electron chi connectivity index (χ1n) is 41.5. The number of fused-ring (bicyclic) bond motifs is 2. The van der Waals surface area contributed by atoms with Crippen molar-refractivity contribution < 1.29 is 157 Å². The number of aromatic nitrogens is 12. The summed E-state index contributed by atoms with van der Waals surface area (Å²) in [7, 11) is -20.4. The summed E-state index contributed by atoms with van der Waals surface area (Å²) >= 11 is 0. The number of anilines is 4. The molecule has 2 unspecified atom stereocenters. The zero-order valence-electron chi connectivity index (χ0n) is 73.7. The quantitative estimate of drug-likeness (QED) is 0.00493. The molecule has 0 radical (unpaired) electrons. The highest BCUT2D eigenvalue weighted by atomic mass is 31.2. The number of unbranched alkanes of at least 4 members (excludes halogenated alkanes) is 2. The van der Waals surface area contributed by atoms with Crippen LogP contribution in [-0.4, -0.2) is 252 Å². The van der Waals surface area contributed by atoms with Crippen LogP contribution in [0.25, 0.3) is 43.2 Å². The highest BCUT2D eigenvalue weighted by molar-refractivity contribution is 7.47. The van der Waals surface area contributed by atoms with E-state index in [-0.39, 0.29) is 116 Å². The number of alkyl carbamates (subject to hydrolysis) is 3. The third-order valence-electron chi connectivity index (χ3n) is 20.2. The van der Waals surface area contributed by atoms with Gasteiger partial charge < -0.3 is 126 Å². The number of nitrogens with zero attached hydrogens (tertiary/aromatic N) is 19. The predicted molar refractivity (Wildman–Crippen MR) is 469 cm³/mol. The third-order valence-corrected chi connectivity index (χ3v) is 23.2. The first kappa shape index (κ1) is 109. The number of aliphatic hydroxyl groups excluding tert-OH is 3. The summed E-state index contributed by atoms with van der Waals surface area (Å²) in [5, 5.41) is 55.8. The number of ether oxygens (including phenoxy) is 9. The summed E-state index contributed by atoms with van der Waals surface area (Å²) in [6.45, 7) is 3.49. The van der Waals surface area contributed by atoms with Gasteiger partial charge in [-0.1, -0.05) is 72.1 Å². The zero-order chi connectivity index (χ0) is 101. The van der Waals surface area contributed by atoms with E-state index in [1.54, 1.807) is 82.3 Å². The number of carbonyl (C=O) groups is 5. The topological polar surface area (TPSA) is 893 Å². The first-order valence-corrected chi connectivity index (χ1v) is 47.6. The number of nitrogens with one attached hydrogen (secondary N) is 3. The Bertz CT molecular complexity index is 6060. The number of phosphoric acid groups is 4. The second kappa shape index (κ2) is 49.4. The molecule has 6 aromatic heterocycles. The van der Waals surface area contributed by atoms with Crippen molar-refractivity contribution in [2.75, 3.05) is 69.1 Å². The first-order chi connectivity index (χ1) is 65.8. The molecule has 18 atom stereocenters. The van der Waals surface area contributed by atoms with E-state index in [0.717, 1.165) is 27.4 Å². The largest absolute Gasteiger partial charge is 0.472 e. The minimum Gasteiger partial charge on any atom is -0.455 e. The second-order valence-electron chi connectivity index (χ2n) is 31.4. The molecule has 65 heteroatoms. The molecule has 10 heterocycles. The molecular weight excluding hydrogens is 1940 g/mol. The number of esters is 2. The van der Waals surface area contributed by atoms with Gasteiger partial charge in [0.15, 0.2) is 48.1 Å². The highest BCUT2D eigenvalue weighted by Gasteiger charge is 2.52. The van der Waals surface area contributed by atoms with Crippen LogP contribution >= 0.6 is 31.3 Å². The van der Waals surface area contributed by atoms with Crippen molar-refractivity contribution in [3.63, 3.8) is 0 Å². The maximum absolute atomic E-state index is 14.1. The van der Waals surface area contributed by atoms with Gasteiger partial charge in [0, 0.05) is 59.5 Å². The number of rotatable bonds is 41. The van der Waals surface area contributed by atoms with Crippen molar-refractivity contribution in [1.82, 2.24) is 74.1 Å². The van der Waals surface area contributed by atoms with E-state index in [2.05, 4.69) is 84.9 Å². The Hall–Kier alpha value is -12.5. The molecule has 754 valence electrons. The number of nitriles is 1. The van der Waals surface area contributed by atoms with E-state index >= 15 is 0 Å². The van der Waals surface area contributed by atoms with Gasteiger partial charge in [0.2, 0.25) is 0 Å². The molecule has 0 aliphatic carbocycles. The Kier molecular flexibility index (Phi) is 38.6. The average Bonchev–Trinajstić information content (AvgIpc) is 1.64. The van der Waals surface area contributed by atoms with Crippen molar-refractivity contribution in [1.29, 1.82) is 5.26 Å². The molecule has 0 bridgehead atoms. The van der Waals surface area contributed by atoms with E-state index in [4.69, 9.17) is 110 Å². The molecule has 3 amide bonds.